The van der Waals surface area contributed by atoms with E-state index in [0.717, 1.165) is 25.4 Å². The van der Waals surface area contributed by atoms with Crippen LogP contribution in [0.1, 0.15) is 21.6 Å². The molecule has 0 fully saturated rings. The quantitative estimate of drug-likeness (QED) is 0.488. The minimum atomic E-state index is -4.63. The summed E-state index contributed by atoms with van der Waals surface area (Å²) in [6.45, 7) is -0.135. The first-order chi connectivity index (χ1) is 14.2. The van der Waals surface area contributed by atoms with Crippen molar-refractivity contribution in [1.82, 2.24) is 15.0 Å². The molecule has 1 aromatic carbocycles. The van der Waals surface area contributed by atoms with Crippen molar-refractivity contribution in [1.29, 1.82) is 0 Å². The monoisotopic (exact) mass is 424 g/mol. The number of rotatable bonds is 5. The molecule has 11 heteroatoms. The third-order valence-corrected chi connectivity index (χ3v) is 3.92. The van der Waals surface area contributed by atoms with Crippen LogP contribution in [-0.4, -0.2) is 28.0 Å². The number of carbonyl (C=O) groups excluding carboxylic acids is 1. The summed E-state index contributed by atoms with van der Waals surface area (Å²) < 4.78 is 70.4. The lowest BCUT2D eigenvalue weighted by Gasteiger charge is -2.11. The number of carbonyl (C=O) groups is 1. The van der Waals surface area contributed by atoms with Gasteiger partial charge in [-0.2, -0.15) is 13.2 Å². The number of pyridine rings is 1. The highest BCUT2D eigenvalue weighted by Gasteiger charge is 2.31. The molecule has 0 aliphatic heterocycles. The molecule has 3 rings (SSSR count). The minimum Gasteiger partial charge on any atom is -0.464 e. The van der Waals surface area contributed by atoms with Crippen LogP contribution in [-0.2, 0) is 17.5 Å². The SMILES string of the molecule is COC(=O)c1cc(NCc2ccc(F)cc2F)nc(-c2cncc(C(F)(F)F)c2)n1. The number of nitrogens with zero attached hydrogens (tertiary/aromatic N) is 3. The van der Waals surface area contributed by atoms with Gasteiger partial charge in [-0.1, -0.05) is 6.07 Å². The van der Waals surface area contributed by atoms with Crippen molar-refractivity contribution < 1.29 is 31.5 Å². The average Bonchev–Trinajstić information content (AvgIpc) is 2.71. The van der Waals surface area contributed by atoms with E-state index in [2.05, 4.69) is 25.0 Å². The first-order valence-electron chi connectivity index (χ1n) is 8.35. The van der Waals surface area contributed by atoms with Crippen LogP contribution in [0.4, 0.5) is 27.8 Å². The van der Waals surface area contributed by atoms with Crippen LogP contribution >= 0.6 is 0 Å². The maximum Gasteiger partial charge on any atom is 0.417 e. The van der Waals surface area contributed by atoms with Crippen molar-refractivity contribution in [2.45, 2.75) is 12.7 Å². The Morgan fingerprint density at radius 1 is 1.10 bits per heavy atom. The van der Waals surface area contributed by atoms with E-state index in [4.69, 9.17) is 0 Å². The van der Waals surface area contributed by atoms with Crippen molar-refractivity contribution in [2.24, 2.45) is 0 Å². The Kier molecular flexibility index (Phi) is 5.90. The molecule has 0 bridgehead atoms. The summed E-state index contributed by atoms with van der Waals surface area (Å²) in [4.78, 5) is 23.4. The highest BCUT2D eigenvalue weighted by atomic mass is 19.4. The molecule has 2 aromatic heterocycles. The zero-order valence-corrected chi connectivity index (χ0v) is 15.3. The molecule has 0 atom stereocenters. The summed E-state index contributed by atoms with van der Waals surface area (Å²) in [5, 5.41) is 2.73. The largest absolute Gasteiger partial charge is 0.464 e. The number of hydrogen-bond donors (Lipinski definition) is 1. The van der Waals surface area contributed by atoms with Crippen molar-refractivity contribution >= 4 is 11.8 Å². The second-order valence-corrected chi connectivity index (χ2v) is 6.00. The van der Waals surface area contributed by atoms with Crippen LogP contribution in [0.25, 0.3) is 11.4 Å². The predicted molar refractivity (Wildman–Crippen MR) is 95.3 cm³/mol. The van der Waals surface area contributed by atoms with Crippen molar-refractivity contribution in [3.05, 3.63) is 71.2 Å². The average molecular weight is 424 g/mol. The molecular formula is C19H13F5N4O2. The molecule has 0 unspecified atom stereocenters. The highest BCUT2D eigenvalue weighted by Crippen LogP contribution is 2.31. The maximum absolute atomic E-state index is 13.8. The van der Waals surface area contributed by atoms with E-state index in [0.29, 0.717) is 12.3 Å². The molecule has 0 amide bonds. The summed E-state index contributed by atoms with van der Waals surface area (Å²) in [6.07, 6.45) is -2.89. The van der Waals surface area contributed by atoms with Crippen molar-refractivity contribution in [3.63, 3.8) is 0 Å². The molecule has 1 N–H and O–H groups in total. The fourth-order valence-electron chi connectivity index (χ4n) is 2.44. The minimum absolute atomic E-state index is 0.0153. The van der Waals surface area contributed by atoms with Gasteiger partial charge in [0.2, 0.25) is 0 Å². The number of halogens is 5. The Bertz CT molecular complexity index is 1090. The van der Waals surface area contributed by atoms with E-state index >= 15 is 0 Å². The fraction of sp³-hybridized carbons (Fsp3) is 0.158. The Labute approximate surface area is 166 Å². The number of hydrogen-bond acceptors (Lipinski definition) is 6. The van der Waals surface area contributed by atoms with Crippen LogP contribution in [0.3, 0.4) is 0 Å². The lowest BCUT2D eigenvalue weighted by molar-refractivity contribution is -0.137. The van der Waals surface area contributed by atoms with E-state index in [9.17, 15) is 26.7 Å². The first kappa shape index (κ1) is 21.1. The van der Waals surface area contributed by atoms with Gasteiger partial charge in [0.15, 0.2) is 11.5 Å². The van der Waals surface area contributed by atoms with E-state index < -0.39 is 29.3 Å². The Morgan fingerprint density at radius 2 is 1.87 bits per heavy atom. The number of aromatic nitrogens is 3. The van der Waals surface area contributed by atoms with Gasteiger partial charge in [0.25, 0.3) is 0 Å². The van der Waals surface area contributed by atoms with E-state index in [1.807, 2.05) is 0 Å². The molecular weight excluding hydrogens is 411 g/mol. The lowest BCUT2D eigenvalue weighted by Crippen LogP contribution is -2.11. The first-order valence-corrected chi connectivity index (χ1v) is 8.35. The number of nitrogens with one attached hydrogen (secondary N) is 1. The number of benzene rings is 1. The second kappa shape index (κ2) is 8.39. The van der Waals surface area contributed by atoms with Crippen LogP contribution in [0, 0.1) is 11.6 Å². The zero-order valence-electron chi connectivity index (χ0n) is 15.3. The normalized spacial score (nSPS) is 11.3. The zero-order chi connectivity index (χ0) is 21.9. The molecule has 0 saturated carbocycles. The van der Waals surface area contributed by atoms with Gasteiger partial charge < -0.3 is 10.1 Å². The third kappa shape index (κ3) is 4.85. The van der Waals surface area contributed by atoms with Crippen LogP contribution in [0.2, 0.25) is 0 Å². The summed E-state index contributed by atoms with van der Waals surface area (Å²) in [5.41, 5.74) is -1.24. The number of alkyl halides is 3. The summed E-state index contributed by atoms with van der Waals surface area (Å²) >= 11 is 0. The summed E-state index contributed by atoms with van der Waals surface area (Å²) in [5.74, 6) is -2.60. The van der Waals surface area contributed by atoms with Crippen molar-refractivity contribution in [3.8, 4) is 11.4 Å². The topological polar surface area (TPSA) is 77.0 Å². The number of methoxy groups -OCH3 is 1. The molecule has 0 radical (unpaired) electrons. The Morgan fingerprint density at radius 3 is 2.53 bits per heavy atom. The maximum atomic E-state index is 13.8. The third-order valence-electron chi connectivity index (χ3n) is 3.92. The molecule has 3 aromatic rings. The van der Waals surface area contributed by atoms with Gasteiger partial charge in [-0.25, -0.2) is 23.5 Å². The van der Waals surface area contributed by atoms with E-state index in [-0.39, 0.29) is 35.0 Å². The van der Waals surface area contributed by atoms with E-state index in [1.54, 1.807) is 0 Å². The molecule has 2 heterocycles. The van der Waals surface area contributed by atoms with Crippen LogP contribution in [0.5, 0.6) is 0 Å². The van der Waals surface area contributed by atoms with Crippen LogP contribution < -0.4 is 5.32 Å². The standard InChI is InChI=1S/C19H13F5N4O2/c1-30-18(29)15-6-16(26-8-10-2-3-13(20)5-14(10)21)28-17(27-15)11-4-12(9-25-7-11)19(22,23)24/h2-7,9H,8H2,1H3,(H,26,27,28). The van der Waals surface area contributed by atoms with Gasteiger partial charge >= 0.3 is 12.1 Å². The molecule has 0 aliphatic rings. The van der Waals surface area contributed by atoms with Crippen LogP contribution in [0.15, 0.2) is 42.7 Å². The Hall–Kier alpha value is -3.63. The summed E-state index contributed by atoms with van der Waals surface area (Å²) in [7, 11) is 1.11. The molecule has 156 valence electrons. The van der Waals surface area contributed by atoms with Gasteiger partial charge in [-0.3, -0.25) is 4.98 Å². The van der Waals surface area contributed by atoms with Crippen molar-refractivity contribution in [2.75, 3.05) is 12.4 Å². The van der Waals surface area contributed by atoms with Gasteiger partial charge in [0.1, 0.15) is 17.5 Å². The number of ether oxygens (including phenoxy) is 1. The molecule has 0 spiro atoms. The second-order valence-electron chi connectivity index (χ2n) is 6.00. The smallest absolute Gasteiger partial charge is 0.417 e. The van der Waals surface area contributed by atoms with Gasteiger partial charge in [-0.05, 0) is 12.1 Å². The predicted octanol–water partition coefficient (Wildman–Crippen LogP) is 4.23. The van der Waals surface area contributed by atoms with Gasteiger partial charge in [0.05, 0.1) is 12.7 Å². The highest BCUT2D eigenvalue weighted by molar-refractivity contribution is 5.88. The summed E-state index contributed by atoms with van der Waals surface area (Å²) in [6, 6.07) is 4.97. The number of esters is 1. The fourth-order valence-corrected chi connectivity index (χ4v) is 2.44. The van der Waals surface area contributed by atoms with Gasteiger partial charge in [0, 0.05) is 42.2 Å². The molecule has 0 aliphatic carbocycles. The molecule has 30 heavy (non-hydrogen) atoms. The van der Waals surface area contributed by atoms with E-state index in [1.165, 1.54) is 12.1 Å². The molecule has 0 saturated heterocycles. The lowest BCUT2D eigenvalue weighted by atomic mass is 10.2. The number of anilines is 1. The Balaban J connectivity index is 1.97. The van der Waals surface area contributed by atoms with Gasteiger partial charge in [-0.15, -0.1) is 0 Å². The molecule has 6 nitrogen and oxygen atoms in total.